The van der Waals surface area contributed by atoms with Gasteiger partial charge in [0.05, 0.1) is 30.7 Å². The molecule has 1 fully saturated rings. The van der Waals surface area contributed by atoms with Gasteiger partial charge in [-0.15, -0.1) is 0 Å². The number of amides is 1. The number of rotatable bonds is 10. The number of benzene rings is 2. The molecule has 2 aromatic carbocycles. The first kappa shape index (κ1) is 25.8. The van der Waals surface area contributed by atoms with Crippen LogP contribution < -0.4 is 10.1 Å². The first-order valence-corrected chi connectivity index (χ1v) is 12.2. The zero-order valence-electron chi connectivity index (χ0n) is 20.8. The van der Waals surface area contributed by atoms with Crippen molar-refractivity contribution in [2.24, 2.45) is 5.92 Å². The van der Waals surface area contributed by atoms with Gasteiger partial charge in [0.15, 0.2) is 0 Å². The van der Waals surface area contributed by atoms with Gasteiger partial charge in [-0.1, -0.05) is 44.5 Å². The molecule has 2 aromatic rings. The van der Waals surface area contributed by atoms with Crippen LogP contribution in [0.3, 0.4) is 0 Å². The van der Waals surface area contributed by atoms with E-state index in [2.05, 4.69) is 19.2 Å². The maximum Gasteiger partial charge on any atom is 0.337 e. The molecule has 6 nitrogen and oxygen atoms in total. The summed E-state index contributed by atoms with van der Waals surface area (Å²) in [7, 11) is 1.36. The summed E-state index contributed by atoms with van der Waals surface area (Å²) in [6.07, 6.45) is 3.54. The highest BCUT2D eigenvalue weighted by molar-refractivity contribution is 5.90. The van der Waals surface area contributed by atoms with Crippen molar-refractivity contribution in [3.63, 3.8) is 0 Å². The van der Waals surface area contributed by atoms with E-state index in [9.17, 15) is 9.59 Å². The van der Waals surface area contributed by atoms with E-state index in [1.807, 2.05) is 43.3 Å². The fraction of sp³-hybridized carbons (Fsp3) is 0.500. The molecule has 1 aliphatic heterocycles. The van der Waals surface area contributed by atoms with Crippen molar-refractivity contribution in [3.05, 3.63) is 65.2 Å². The molecule has 34 heavy (non-hydrogen) atoms. The molecule has 1 heterocycles. The molecule has 0 saturated carbocycles. The maximum atomic E-state index is 13.6. The SMILES string of the molecule is CCCC(C)COc1ccc(C2(C(=O)N[C@@H](C)c3ccc(C(=O)OC)cc3)CCOCC2)cc1. The van der Waals surface area contributed by atoms with Crippen molar-refractivity contribution >= 4 is 11.9 Å². The van der Waals surface area contributed by atoms with Gasteiger partial charge in [0.2, 0.25) is 5.91 Å². The van der Waals surface area contributed by atoms with Crippen molar-refractivity contribution in [2.45, 2.75) is 57.9 Å². The van der Waals surface area contributed by atoms with Gasteiger partial charge in [0, 0.05) is 13.2 Å². The summed E-state index contributed by atoms with van der Waals surface area (Å²) in [5.41, 5.74) is 1.74. The summed E-state index contributed by atoms with van der Waals surface area (Å²) < 4.78 is 16.3. The van der Waals surface area contributed by atoms with E-state index < -0.39 is 5.41 Å². The van der Waals surface area contributed by atoms with Crippen molar-refractivity contribution in [1.29, 1.82) is 0 Å². The average molecular weight is 468 g/mol. The molecule has 1 unspecified atom stereocenters. The van der Waals surface area contributed by atoms with Crippen molar-refractivity contribution in [2.75, 3.05) is 26.9 Å². The van der Waals surface area contributed by atoms with Crippen LogP contribution in [0.1, 0.15) is 74.0 Å². The smallest absolute Gasteiger partial charge is 0.337 e. The summed E-state index contributed by atoms with van der Waals surface area (Å²) in [6.45, 7) is 8.11. The van der Waals surface area contributed by atoms with Crippen LogP contribution in [0, 0.1) is 5.92 Å². The Morgan fingerprint density at radius 1 is 1.03 bits per heavy atom. The van der Waals surface area contributed by atoms with Crippen LogP contribution in [0.4, 0.5) is 0 Å². The Bertz CT molecular complexity index is 932. The zero-order chi connectivity index (χ0) is 24.6. The second-order valence-electron chi connectivity index (χ2n) is 9.23. The highest BCUT2D eigenvalue weighted by atomic mass is 16.5. The topological polar surface area (TPSA) is 73.9 Å². The van der Waals surface area contributed by atoms with E-state index in [1.54, 1.807) is 12.1 Å². The van der Waals surface area contributed by atoms with Crippen molar-refractivity contribution < 1.29 is 23.8 Å². The van der Waals surface area contributed by atoms with Crippen molar-refractivity contribution in [1.82, 2.24) is 5.32 Å². The average Bonchev–Trinajstić information content (AvgIpc) is 2.88. The lowest BCUT2D eigenvalue weighted by Crippen LogP contribution is -2.48. The fourth-order valence-corrected chi connectivity index (χ4v) is 4.50. The predicted octanol–water partition coefficient (Wildman–Crippen LogP) is 5.21. The molecule has 0 aromatic heterocycles. The molecule has 1 aliphatic rings. The third-order valence-corrected chi connectivity index (χ3v) is 6.68. The molecule has 0 spiro atoms. The van der Waals surface area contributed by atoms with Gasteiger partial charge in [0.25, 0.3) is 0 Å². The third-order valence-electron chi connectivity index (χ3n) is 6.68. The first-order valence-electron chi connectivity index (χ1n) is 12.2. The predicted molar refractivity (Wildman–Crippen MR) is 132 cm³/mol. The minimum atomic E-state index is -0.646. The van der Waals surface area contributed by atoms with Gasteiger partial charge in [-0.3, -0.25) is 4.79 Å². The number of esters is 1. The van der Waals surface area contributed by atoms with Gasteiger partial charge >= 0.3 is 5.97 Å². The Morgan fingerprint density at radius 2 is 1.68 bits per heavy atom. The fourth-order valence-electron chi connectivity index (χ4n) is 4.50. The Balaban J connectivity index is 1.72. The van der Waals surface area contributed by atoms with Gasteiger partial charge in [-0.25, -0.2) is 4.79 Å². The minimum absolute atomic E-state index is 0.00872. The molecule has 0 radical (unpaired) electrons. The number of ether oxygens (including phenoxy) is 3. The first-order chi connectivity index (χ1) is 16.4. The van der Waals surface area contributed by atoms with Crippen molar-refractivity contribution in [3.8, 4) is 5.75 Å². The molecule has 1 saturated heterocycles. The monoisotopic (exact) mass is 467 g/mol. The summed E-state index contributed by atoms with van der Waals surface area (Å²) in [6, 6.07) is 14.9. The lowest BCUT2D eigenvalue weighted by molar-refractivity contribution is -0.131. The van der Waals surface area contributed by atoms with Crippen LogP contribution in [-0.2, 0) is 19.7 Å². The molecule has 1 N–H and O–H groups in total. The number of nitrogens with one attached hydrogen (secondary N) is 1. The zero-order valence-corrected chi connectivity index (χ0v) is 20.8. The molecule has 0 aliphatic carbocycles. The van der Waals surface area contributed by atoms with Crippen LogP contribution in [0.5, 0.6) is 5.75 Å². The summed E-state index contributed by atoms with van der Waals surface area (Å²) in [5, 5.41) is 3.19. The molecule has 3 rings (SSSR count). The molecule has 2 atom stereocenters. The summed E-state index contributed by atoms with van der Waals surface area (Å²) in [5.74, 6) is 0.955. The molecular formula is C28H37NO5. The lowest BCUT2D eigenvalue weighted by Gasteiger charge is -2.37. The van der Waals surface area contributed by atoms with Crippen LogP contribution in [0.25, 0.3) is 0 Å². The number of hydrogen-bond donors (Lipinski definition) is 1. The van der Waals surface area contributed by atoms with Crippen LogP contribution in [0.15, 0.2) is 48.5 Å². The number of carbonyl (C=O) groups excluding carboxylic acids is 2. The molecule has 6 heteroatoms. The van der Waals surface area contributed by atoms with Gasteiger partial charge < -0.3 is 19.5 Å². The van der Waals surface area contributed by atoms with Crippen LogP contribution in [-0.4, -0.2) is 38.8 Å². The maximum absolute atomic E-state index is 13.6. The number of hydrogen-bond acceptors (Lipinski definition) is 5. The van der Waals surface area contributed by atoms with Gasteiger partial charge in [0.1, 0.15) is 5.75 Å². The van der Waals surface area contributed by atoms with E-state index in [0.717, 1.165) is 29.7 Å². The Labute approximate surface area is 203 Å². The highest BCUT2D eigenvalue weighted by Crippen LogP contribution is 2.37. The second-order valence-corrected chi connectivity index (χ2v) is 9.23. The van der Waals surface area contributed by atoms with Gasteiger partial charge in [-0.2, -0.15) is 0 Å². The number of methoxy groups -OCH3 is 1. The lowest BCUT2D eigenvalue weighted by atomic mass is 9.73. The van der Waals surface area contributed by atoms with E-state index in [1.165, 1.54) is 7.11 Å². The quantitative estimate of drug-likeness (QED) is 0.485. The van der Waals surface area contributed by atoms with Crippen LogP contribution >= 0.6 is 0 Å². The summed E-state index contributed by atoms with van der Waals surface area (Å²) in [4.78, 5) is 25.3. The molecule has 1 amide bonds. The Morgan fingerprint density at radius 3 is 2.26 bits per heavy atom. The minimum Gasteiger partial charge on any atom is -0.493 e. The Hall–Kier alpha value is -2.86. The normalized spacial score (nSPS) is 16.8. The molecular weight excluding hydrogens is 430 g/mol. The van der Waals surface area contributed by atoms with E-state index in [0.29, 0.717) is 44.1 Å². The van der Waals surface area contributed by atoms with E-state index >= 15 is 0 Å². The second kappa shape index (κ2) is 12.0. The number of carbonyl (C=O) groups is 2. The van der Waals surface area contributed by atoms with E-state index in [4.69, 9.17) is 14.2 Å². The third kappa shape index (κ3) is 6.17. The summed E-state index contributed by atoms with van der Waals surface area (Å²) >= 11 is 0. The van der Waals surface area contributed by atoms with Gasteiger partial charge in [-0.05, 0) is 67.5 Å². The van der Waals surface area contributed by atoms with E-state index in [-0.39, 0.29) is 17.9 Å². The largest absolute Gasteiger partial charge is 0.493 e. The molecule has 0 bridgehead atoms. The standard InChI is InChI=1S/C28H37NO5/c1-5-6-20(2)19-34-25-13-11-24(12-14-25)28(15-17-33-18-16-28)27(31)29-21(3)22-7-9-23(10-8-22)26(30)32-4/h7-14,20-21H,5-6,15-19H2,1-4H3,(H,29,31)/t20?,21-/m0/s1. The highest BCUT2D eigenvalue weighted by Gasteiger charge is 2.42. The molecule has 184 valence electrons. The van der Waals surface area contributed by atoms with Crippen LogP contribution in [0.2, 0.25) is 0 Å². The Kier molecular flexibility index (Phi) is 9.11.